The molecule has 1 aromatic carbocycles. The third-order valence-corrected chi connectivity index (χ3v) is 4.32. The minimum atomic E-state index is 0. The standard InChI is InChI=1S/C19H30N4O2.HI/c1-3-25-12-6-11-21-19(20-2)22-14-15-7-4-10-17(13-15)23-18(24)16-8-5-9-16;/h4,7,10,13,16H,3,5-6,8-9,11-12,14H2,1-2H3,(H,23,24)(H2,20,21,22);1H. The van der Waals surface area contributed by atoms with Gasteiger partial charge in [0.2, 0.25) is 5.91 Å². The van der Waals surface area contributed by atoms with E-state index >= 15 is 0 Å². The van der Waals surface area contributed by atoms with Crippen LogP contribution in [0.2, 0.25) is 0 Å². The lowest BCUT2D eigenvalue weighted by molar-refractivity contribution is -0.122. The second kappa shape index (κ2) is 12.9. The first-order chi connectivity index (χ1) is 12.2. The van der Waals surface area contributed by atoms with Crippen molar-refractivity contribution in [1.82, 2.24) is 10.6 Å². The summed E-state index contributed by atoms with van der Waals surface area (Å²) in [5.74, 6) is 1.10. The molecule has 1 aliphatic rings. The zero-order valence-corrected chi connectivity index (χ0v) is 18.0. The molecule has 7 heteroatoms. The van der Waals surface area contributed by atoms with Crippen molar-refractivity contribution < 1.29 is 9.53 Å². The van der Waals surface area contributed by atoms with E-state index in [2.05, 4.69) is 20.9 Å². The highest BCUT2D eigenvalue weighted by atomic mass is 127. The maximum Gasteiger partial charge on any atom is 0.227 e. The van der Waals surface area contributed by atoms with Gasteiger partial charge in [0.25, 0.3) is 0 Å². The molecule has 1 fully saturated rings. The molecule has 146 valence electrons. The number of aliphatic imine (C=N–C) groups is 1. The lowest BCUT2D eigenvalue weighted by Gasteiger charge is -2.24. The number of guanidine groups is 1. The molecule has 1 aromatic rings. The summed E-state index contributed by atoms with van der Waals surface area (Å²) in [6.07, 6.45) is 4.13. The van der Waals surface area contributed by atoms with E-state index in [9.17, 15) is 4.79 Å². The average Bonchev–Trinajstić information content (AvgIpc) is 2.56. The van der Waals surface area contributed by atoms with Gasteiger partial charge in [-0.15, -0.1) is 24.0 Å². The van der Waals surface area contributed by atoms with Crippen LogP contribution in [-0.4, -0.2) is 38.7 Å². The van der Waals surface area contributed by atoms with Crippen molar-refractivity contribution in [1.29, 1.82) is 0 Å². The number of amides is 1. The van der Waals surface area contributed by atoms with E-state index in [-0.39, 0.29) is 35.8 Å². The number of ether oxygens (including phenoxy) is 1. The average molecular weight is 474 g/mol. The lowest BCUT2D eigenvalue weighted by Crippen LogP contribution is -2.37. The van der Waals surface area contributed by atoms with Crippen molar-refractivity contribution >= 4 is 41.5 Å². The smallest absolute Gasteiger partial charge is 0.227 e. The van der Waals surface area contributed by atoms with Gasteiger partial charge in [-0.1, -0.05) is 18.6 Å². The molecule has 0 spiro atoms. The van der Waals surface area contributed by atoms with Crippen molar-refractivity contribution in [2.45, 2.75) is 39.2 Å². The number of benzene rings is 1. The Kier molecular flexibility index (Phi) is 11.3. The summed E-state index contributed by atoms with van der Waals surface area (Å²) in [6.45, 7) is 4.97. The van der Waals surface area contributed by atoms with Crippen LogP contribution in [0.4, 0.5) is 5.69 Å². The fourth-order valence-electron chi connectivity index (χ4n) is 2.61. The molecule has 0 aliphatic heterocycles. The number of hydrogen-bond acceptors (Lipinski definition) is 3. The van der Waals surface area contributed by atoms with E-state index in [1.165, 1.54) is 6.42 Å². The van der Waals surface area contributed by atoms with Gasteiger partial charge in [-0.3, -0.25) is 9.79 Å². The van der Waals surface area contributed by atoms with E-state index in [0.29, 0.717) is 6.54 Å². The van der Waals surface area contributed by atoms with Crippen molar-refractivity contribution in [3.8, 4) is 0 Å². The highest BCUT2D eigenvalue weighted by Gasteiger charge is 2.25. The third kappa shape index (κ3) is 7.90. The van der Waals surface area contributed by atoms with Crippen LogP contribution in [0.15, 0.2) is 29.3 Å². The first-order valence-electron chi connectivity index (χ1n) is 9.15. The summed E-state index contributed by atoms with van der Waals surface area (Å²) in [5.41, 5.74) is 1.96. The number of hydrogen-bond donors (Lipinski definition) is 3. The number of carbonyl (C=O) groups excluding carboxylic acids is 1. The number of carbonyl (C=O) groups is 1. The number of nitrogens with one attached hydrogen (secondary N) is 3. The first kappa shape index (κ1) is 22.7. The molecule has 26 heavy (non-hydrogen) atoms. The van der Waals surface area contributed by atoms with Gasteiger partial charge in [0.15, 0.2) is 5.96 Å². The Labute approximate surface area is 173 Å². The van der Waals surface area contributed by atoms with Gasteiger partial charge in [0, 0.05) is 45.0 Å². The zero-order valence-electron chi connectivity index (χ0n) is 15.7. The minimum absolute atomic E-state index is 0. The van der Waals surface area contributed by atoms with Crippen LogP contribution in [0.5, 0.6) is 0 Å². The molecule has 2 rings (SSSR count). The topological polar surface area (TPSA) is 74.8 Å². The van der Waals surface area contributed by atoms with Gasteiger partial charge >= 0.3 is 0 Å². The summed E-state index contributed by atoms with van der Waals surface area (Å²) >= 11 is 0. The zero-order chi connectivity index (χ0) is 17.9. The Hall–Kier alpha value is -1.35. The summed E-state index contributed by atoms with van der Waals surface area (Å²) in [6, 6.07) is 7.94. The van der Waals surface area contributed by atoms with E-state index in [1.807, 2.05) is 31.2 Å². The molecule has 1 saturated carbocycles. The second-order valence-electron chi connectivity index (χ2n) is 6.22. The molecule has 0 bridgehead atoms. The molecule has 1 amide bonds. The molecular formula is C19H31IN4O2. The molecule has 0 saturated heterocycles. The quantitative estimate of drug-likeness (QED) is 0.223. The van der Waals surface area contributed by atoms with E-state index in [4.69, 9.17) is 4.74 Å². The Morgan fingerprint density at radius 3 is 2.77 bits per heavy atom. The van der Waals surface area contributed by atoms with E-state index in [1.54, 1.807) is 7.05 Å². The molecule has 0 aromatic heterocycles. The van der Waals surface area contributed by atoms with Crippen LogP contribution in [0, 0.1) is 5.92 Å². The Balaban J connectivity index is 0.00000338. The second-order valence-corrected chi connectivity index (χ2v) is 6.22. The van der Waals surface area contributed by atoms with Gasteiger partial charge in [0.1, 0.15) is 0 Å². The van der Waals surface area contributed by atoms with Crippen LogP contribution >= 0.6 is 24.0 Å². The molecule has 0 atom stereocenters. The van der Waals surface area contributed by atoms with Crippen LogP contribution in [0.3, 0.4) is 0 Å². The van der Waals surface area contributed by atoms with Gasteiger partial charge in [0.05, 0.1) is 0 Å². The Morgan fingerprint density at radius 1 is 1.31 bits per heavy atom. The van der Waals surface area contributed by atoms with Gasteiger partial charge in [-0.2, -0.15) is 0 Å². The van der Waals surface area contributed by atoms with Crippen molar-refractivity contribution in [2.24, 2.45) is 10.9 Å². The van der Waals surface area contributed by atoms with Crippen LogP contribution in [0.25, 0.3) is 0 Å². The number of rotatable bonds is 9. The fraction of sp³-hybridized carbons (Fsp3) is 0.579. The van der Waals surface area contributed by atoms with Gasteiger partial charge < -0.3 is 20.7 Å². The monoisotopic (exact) mass is 474 g/mol. The molecule has 0 unspecified atom stereocenters. The Bertz CT molecular complexity index is 576. The number of halogens is 1. The SMILES string of the molecule is CCOCCCNC(=NC)NCc1cccc(NC(=O)C2CCC2)c1.I. The molecule has 0 heterocycles. The molecule has 0 radical (unpaired) electrons. The fourth-order valence-corrected chi connectivity index (χ4v) is 2.61. The largest absolute Gasteiger partial charge is 0.382 e. The number of nitrogens with zero attached hydrogens (tertiary/aromatic N) is 1. The first-order valence-corrected chi connectivity index (χ1v) is 9.15. The normalized spacial score (nSPS) is 14.2. The van der Waals surface area contributed by atoms with Gasteiger partial charge in [-0.05, 0) is 43.9 Å². The van der Waals surface area contributed by atoms with Crippen LogP contribution in [0.1, 0.15) is 38.2 Å². The van der Waals surface area contributed by atoms with Crippen LogP contribution in [-0.2, 0) is 16.1 Å². The highest BCUT2D eigenvalue weighted by molar-refractivity contribution is 14.0. The van der Waals surface area contributed by atoms with Gasteiger partial charge in [-0.25, -0.2) is 0 Å². The summed E-state index contributed by atoms with van der Waals surface area (Å²) < 4.78 is 5.32. The van der Waals surface area contributed by atoms with Crippen molar-refractivity contribution in [2.75, 3.05) is 32.1 Å². The number of anilines is 1. The molecule has 1 aliphatic carbocycles. The van der Waals surface area contributed by atoms with Crippen LogP contribution < -0.4 is 16.0 Å². The van der Waals surface area contributed by atoms with Crippen molar-refractivity contribution in [3.63, 3.8) is 0 Å². The van der Waals surface area contributed by atoms with Crippen molar-refractivity contribution in [3.05, 3.63) is 29.8 Å². The summed E-state index contributed by atoms with van der Waals surface area (Å²) in [5, 5.41) is 9.57. The summed E-state index contributed by atoms with van der Waals surface area (Å²) in [7, 11) is 1.76. The highest BCUT2D eigenvalue weighted by Crippen LogP contribution is 2.27. The maximum absolute atomic E-state index is 12.0. The van der Waals surface area contributed by atoms with E-state index < -0.39 is 0 Å². The Morgan fingerprint density at radius 2 is 2.12 bits per heavy atom. The molecular weight excluding hydrogens is 443 g/mol. The lowest BCUT2D eigenvalue weighted by atomic mass is 9.85. The minimum Gasteiger partial charge on any atom is -0.382 e. The predicted octanol–water partition coefficient (Wildman–Crippen LogP) is 3.13. The summed E-state index contributed by atoms with van der Waals surface area (Å²) in [4.78, 5) is 16.3. The molecule has 6 nitrogen and oxygen atoms in total. The predicted molar refractivity (Wildman–Crippen MR) is 117 cm³/mol. The third-order valence-electron chi connectivity index (χ3n) is 4.32. The maximum atomic E-state index is 12.0. The molecule has 3 N–H and O–H groups in total. The van der Waals surface area contributed by atoms with E-state index in [0.717, 1.165) is 56.2 Å².